The van der Waals surface area contributed by atoms with Crippen LogP contribution < -0.4 is 5.73 Å². The molecule has 1 aromatic carbocycles. The third kappa shape index (κ3) is 5.27. The van der Waals surface area contributed by atoms with Crippen LogP contribution in [0.15, 0.2) is 18.2 Å². The van der Waals surface area contributed by atoms with E-state index in [9.17, 15) is 17.0 Å². The molecule has 1 unspecified atom stereocenters. The Hall–Kier alpha value is -0.950. The molecule has 2 N–H and O–H groups in total. The second-order valence-electron chi connectivity index (χ2n) is 3.76. The van der Waals surface area contributed by atoms with Crippen molar-refractivity contribution >= 4 is 26.3 Å². The summed E-state index contributed by atoms with van der Waals surface area (Å²) in [7, 11) is -4.49. The summed E-state index contributed by atoms with van der Waals surface area (Å²) in [5, 5.41) is 0. The van der Waals surface area contributed by atoms with Gasteiger partial charge in [0.05, 0.1) is 11.5 Å². The second-order valence-corrected chi connectivity index (χ2v) is 7.60. The molecule has 1 atom stereocenters. The summed E-state index contributed by atoms with van der Waals surface area (Å²) < 4.78 is 46.3. The van der Waals surface area contributed by atoms with Gasteiger partial charge in [-0.05, 0) is 23.8 Å². The van der Waals surface area contributed by atoms with Crippen LogP contribution in [0.3, 0.4) is 0 Å². The average molecular weight is 279 g/mol. The standard InChI is InChI=1S/C10H14FNO3S2/c1-17(14,15)5-4-16(13)7-8-6-9(11)2-3-10(8)12/h2-3,6H,4-5,7,12H2,1H3. The lowest BCUT2D eigenvalue weighted by atomic mass is 10.2. The van der Waals surface area contributed by atoms with Crippen molar-refractivity contribution in [2.24, 2.45) is 0 Å². The molecule has 0 saturated carbocycles. The molecule has 0 aliphatic rings. The number of anilines is 1. The molecule has 1 aromatic rings. The van der Waals surface area contributed by atoms with Crippen LogP contribution in [0.25, 0.3) is 0 Å². The highest BCUT2D eigenvalue weighted by atomic mass is 32.2. The number of nitrogens with two attached hydrogens (primary N) is 1. The van der Waals surface area contributed by atoms with E-state index in [0.717, 1.165) is 6.26 Å². The van der Waals surface area contributed by atoms with E-state index in [1.165, 1.54) is 18.2 Å². The van der Waals surface area contributed by atoms with Gasteiger partial charge in [-0.15, -0.1) is 0 Å². The minimum atomic E-state index is -3.13. The molecule has 0 heterocycles. The predicted molar refractivity (Wildman–Crippen MR) is 67.2 cm³/mol. The monoisotopic (exact) mass is 279 g/mol. The van der Waals surface area contributed by atoms with E-state index in [-0.39, 0.29) is 17.3 Å². The maximum absolute atomic E-state index is 12.9. The summed E-state index contributed by atoms with van der Waals surface area (Å²) in [5.41, 5.74) is 6.40. The van der Waals surface area contributed by atoms with Crippen LogP contribution in [0, 0.1) is 5.82 Å². The molecule has 0 amide bonds. The summed E-state index contributed by atoms with van der Waals surface area (Å²) in [6, 6.07) is 3.84. The fourth-order valence-electron chi connectivity index (χ4n) is 1.19. The molecular weight excluding hydrogens is 265 g/mol. The fraction of sp³-hybridized carbons (Fsp3) is 0.400. The average Bonchev–Trinajstić information content (AvgIpc) is 2.20. The molecule has 17 heavy (non-hydrogen) atoms. The van der Waals surface area contributed by atoms with Crippen LogP contribution in [0.2, 0.25) is 0 Å². The van der Waals surface area contributed by atoms with Gasteiger partial charge in [0, 0.05) is 28.5 Å². The summed E-state index contributed by atoms with van der Waals surface area (Å²) in [5.74, 6) is -0.489. The minimum absolute atomic E-state index is 0.0365. The second kappa shape index (κ2) is 5.59. The van der Waals surface area contributed by atoms with Crippen LogP contribution in [0.5, 0.6) is 0 Å². The Morgan fingerprint density at radius 3 is 2.65 bits per heavy atom. The van der Waals surface area contributed by atoms with E-state index in [2.05, 4.69) is 0 Å². The van der Waals surface area contributed by atoms with Crippen molar-refractivity contribution in [2.75, 3.05) is 23.5 Å². The van der Waals surface area contributed by atoms with Gasteiger partial charge in [-0.25, -0.2) is 12.8 Å². The summed E-state index contributed by atoms with van der Waals surface area (Å²) in [6.45, 7) is 0. The SMILES string of the molecule is CS(=O)(=O)CCS(=O)Cc1cc(F)ccc1N. The lowest BCUT2D eigenvalue weighted by Crippen LogP contribution is -2.13. The summed E-state index contributed by atoms with van der Waals surface area (Å²) >= 11 is 0. The number of hydrogen-bond acceptors (Lipinski definition) is 4. The molecule has 0 fully saturated rings. The van der Waals surface area contributed by atoms with E-state index in [1.54, 1.807) is 0 Å². The first-order chi connectivity index (χ1) is 7.78. The Labute approximate surface area is 102 Å². The normalized spacial score (nSPS) is 13.5. The maximum atomic E-state index is 12.9. The molecule has 0 aliphatic carbocycles. The van der Waals surface area contributed by atoms with Gasteiger partial charge in [0.2, 0.25) is 0 Å². The zero-order valence-corrected chi connectivity index (χ0v) is 11.0. The lowest BCUT2D eigenvalue weighted by molar-refractivity contribution is 0.602. The van der Waals surface area contributed by atoms with Gasteiger partial charge in [-0.2, -0.15) is 0 Å². The first-order valence-corrected chi connectivity index (χ1v) is 8.39. The number of sulfone groups is 1. The van der Waals surface area contributed by atoms with Crippen LogP contribution >= 0.6 is 0 Å². The Morgan fingerprint density at radius 2 is 2.06 bits per heavy atom. The van der Waals surface area contributed by atoms with Crippen molar-refractivity contribution in [1.82, 2.24) is 0 Å². The number of nitrogen functional groups attached to an aromatic ring is 1. The van der Waals surface area contributed by atoms with Crippen LogP contribution in [-0.2, 0) is 26.4 Å². The molecule has 0 saturated heterocycles. The lowest BCUT2D eigenvalue weighted by Gasteiger charge is -2.05. The summed E-state index contributed by atoms with van der Waals surface area (Å²) in [6.07, 6.45) is 1.08. The largest absolute Gasteiger partial charge is 0.398 e. The van der Waals surface area contributed by atoms with E-state index < -0.39 is 26.5 Å². The molecule has 4 nitrogen and oxygen atoms in total. The highest BCUT2D eigenvalue weighted by Gasteiger charge is 2.09. The van der Waals surface area contributed by atoms with Crippen molar-refractivity contribution < 1.29 is 17.0 Å². The molecule has 0 bridgehead atoms. The molecule has 0 aliphatic heterocycles. The highest BCUT2D eigenvalue weighted by molar-refractivity contribution is 7.92. The Kier molecular flexibility index (Phi) is 4.64. The Bertz CT molecular complexity index is 528. The predicted octanol–water partition coefficient (Wildman–Crippen LogP) is 0.701. The van der Waals surface area contributed by atoms with Gasteiger partial charge >= 0.3 is 0 Å². The molecule has 0 spiro atoms. The summed E-state index contributed by atoms with van der Waals surface area (Å²) in [4.78, 5) is 0. The third-order valence-corrected chi connectivity index (χ3v) is 4.60. The maximum Gasteiger partial charge on any atom is 0.148 e. The van der Waals surface area contributed by atoms with Gasteiger partial charge in [0.25, 0.3) is 0 Å². The van der Waals surface area contributed by atoms with E-state index in [1.807, 2.05) is 0 Å². The van der Waals surface area contributed by atoms with Gasteiger partial charge < -0.3 is 5.73 Å². The van der Waals surface area contributed by atoms with Crippen molar-refractivity contribution in [3.05, 3.63) is 29.6 Å². The Balaban J connectivity index is 2.65. The van der Waals surface area contributed by atoms with Gasteiger partial charge in [-0.1, -0.05) is 0 Å². The smallest absolute Gasteiger partial charge is 0.148 e. The topological polar surface area (TPSA) is 77.2 Å². The zero-order chi connectivity index (χ0) is 13.1. The quantitative estimate of drug-likeness (QED) is 0.805. The highest BCUT2D eigenvalue weighted by Crippen LogP contribution is 2.15. The van der Waals surface area contributed by atoms with Crippen molar-refractivity contribution in [3.63, 3.8) is 0 Å². The van der Waals surface area contributed by atoms with Crippen LogP contribution in [-0.4, -0.2) is 30.4 Å². The number of halogens is 1. The van der Waals surface area contributed by atoms with Gasteiger partial charge in [0.1, 0.15) is 15.7 Å². The molecule has 96 valence electrons. The minimum Gasteiger partial charge on any atom is -0.398 e. The van der Waals surface area contributed by atoms with Crippen LogP contribution in [0.1, 0.15) is 5.56 Å². The van der Waals surface area contributed by atoms with Crippen molar-refractivity contribution in [2.45, 2.75) is 5.75 Å². The first-order valence-electron chi connectivity index (χ1n) is 4.84. The molecule has 1 rings (SSSR count). The molecular formula is C10H14FNO3S2. The van der Waals surface area contributed by atoms with Gasteiger partial charge in [0.15, 0.2) is 0 Å². The number of benzene rings is 1. The van der Waals surface area contributed by atoms with E-state index >= 15 is 0 Å². The van der Waals surface area contributed by atoms with E-state index in [4.69, 9.17) is 5.73 Å². The molecule has 7 heteroatoms. The molecule has 0 aromatic heterocycles. The van der Waals surface area contributed by atoms with Crippen molar-refractivity contribution in [1.29, 1.82) is 0 Å². The van der Waals surface area contributed by atoms with Crippen LogP contribution in [0.4, 0.5) is 10.1 Å². The first kappa shape index (κ1) is 14.1. The zero-order valence-electron chi connectivity index (χ0n) is 9.35. The fourth-order valence-corrected chi connectivity index (χ4v) is 3.89. The third-order valence-electron chi connectivity index (χ3n) is 2.10. The van der Waals surface area contributed by atoms with Gasteiger partial charge in [-0.3, -0.25) is 4.21 Å². The Morgan fingerprint density at radius 1 is 1.41 bits per heavy atom. The number of hydrogen-bond donors (Lipinski definition) is 1. The van der Waals surface area contributed by atoms with E-state index in [0.29, 0.717) is 11.3 Å². The number of rotatable bonds is 5. The molecule has 0 radical (unpaired) electrons. The van der Waals surface area contributed by atoms with Crippen molar-refractivity contribution in [3.8, 4) is 0 Å².